The van der Waals surface area contributed by atoms with E-state index in [1.807, 2.05) is 24.3 Å². The first kappa shape index (κ1) is 22.5. The highest BCUT2D eigenvalue weighted by Crippen LogP contribution is 2.33. The summed E-state index contributed by atoms with van der Waals surface area (Å²) >= 11 is 1.44. The van der Waals surface area contributed by atoms with Crippen molar-refractivity contribution >= 4 is 40.7 Å². The zero-order chi connectivity index (χ0) is 23.7. The molecule has 1 unspecified atom stereocenters. The summed E-state index contributed by atoms with van der Waals surface area (Å²) in [5.74, 6) is -1.01. The molecule has 9 nitrogen and oxygen atoms in total. The molecular formula is C24H26N4O5S. The summed E-state index contributed by atoms with van der Waals surface area (Å²) in [7, 11) is 0. The average Bonchev–Trinajstić information content (AvgIpc) is 3.39. The Balaban J connectivity index is 1.16. The number of rotatable bonds is 6. The molecule has 2 fully saturated rings. The Morgan fingerprint density at radius 2 is 1.91 bits per heavy atom. The molecule has 0 bridgehead atoms. The molecule has 5 rings (SSSR count). The first-order valence-corrected chi connectivity index (χ1v) is 12.3. The summed E-state index contributed by atoms with van der Waals surface area (Å²) in [6.07, 6.45) is 0.835. The van der Waals surface area contributed by atoms with Gasteiger partial charge in [-0.15, -0.1) is 11.3 Å². The van der Waals surface area contributed by atoms with Crippen LogP contribution in [0.4, 0.5) is 5.69 Å². The largest absolute Gasteiger partial charge is 0.378 e. The van der Waals surface area contributed by atoms with Crippen LogP contribution in [0.15, 0.2) is 29.6 Å². The zero-order valence-corrected chi connectivity index (χ0v) is 19.5. The number of hydrogen-bond donors (Lipinski definition) is 2. The van der Waals surface area contributed by atoms with Crippen LogP contribution in [0.2, 0.25) is 0 Å². The highest BCUT2D eigenvalue weighted by molar-refractivity contribution is 7.10. The first-order valence-electron chi connectivity index (χ1n) is 11.4. The second-order valence-electron chi connectivity index (χ2n) is 8.67. The molecule has 1 aromatic carbocycles. The molecule has 0 aliphatic carbocycles. The van der Waals surface area contributed by atoms with Crippen molar-refractivity contribution in [2.24, 2.45) is 0 Å². The number of morpholine rings is 1. The molecule has 1 atom stereocenters. The van der Waals surface area contributed by atoms with E-state index in [0.717, 1.165) is 48.0 Å². The Morgan fingerprint density at radius 3 is 2.65 bits per heavy atom. The van der Waals surface area contributed by atoms with Crippen LogP contribution in [0.25, 0.3) is 0 Å². The summed E-state index contributed by atoms with van der Waals surface area (Å²) in [5.41, 5.74) is 3.50. The third-order valence-electron chi connectivity index (χ3n) is 6.51. The van der Waals surface area contributed by atoms with Crippen molar-refractivity contribution < 1.29 is 23.9 Å². The number of fused-ring (bicyclic) bond motifs is 1. The molecule has 178 valence electrons. The van der Waals surface area contributed by atoms with Gasteiger partial charge in [-0.25, -0.2) is 0 Å². The Bertz CT molecular complexity index is 1120. The number of carbonyl (C=O) groups excluding carboxylic acids is 4. The van der Waals surface area contributed by atoms with E-state index in [1.54, 1.807) is 5.38 Å². The standard InChI is InChI=1S/C24H26N4O5S/c29-21-6-5-19(23(31)26-21)28-13-17-18(24(28)32)14-34-20(17)12-25-22(30)11-15-1-3-16(4-2-15)27-7-9-33-10-8-27/h1-4,14,19H,5-13H2,(H,25,30)(H,26,29,31). The highest BCUT2D eigenvalue weighted by atomic mass is 32.1. The lowest BCUT2D eigenvalue weighted by Gasteiger charge is -2.29. The van der Waals surface area contributed by atoms with E-state index in [0.29, 0.717) is 25.1 Å². The van der Waals surface area contributed by atoms with E-state index in [2.05, 4.69) is 15.5 Å². The van der Waals surface area contributed by atoms with Crippen LogP contribution in [0.1, 0.15) is 39.2 Å². The van der Waals surface area contributed by atoms with Crippen molar-refractivity contribution in [1.82, 2.24) is 15.5 Å². The number of amides is 4. The van der Waals surface area contributed by atoms with E-state index in [-0.39, 0.29) is 30.6 Å². The molecule has 3 aliphatic rings. The number of ether oxygens (including phenoxy) is 1. The lowest BCUT2D eigenvalue weighted by molar-refractivity contribution is -0.137. The number of thiophene rings is 1. The van der Waals surface area contributed by atoms with E-state index < -0.39 is 11.9 Å². The zero-order valence-electron chi connectivity index (χ0n) is 18.7. The van der Waals surface area contributed by atoms with Gasteiger partial charge in [-0.3, -0.25) is 24.5 Å². The van der Waals surface area contributed by atoms with Crippen LogP contribution in [0.5, 0.6) is 0 Å². The molecular weight excluding hydrogens is 456 g/mol. The Hall–Kier alpha value is -3.24. The van der Waals surface area contributed by atoms with Gasteiger partial charge in [-0.1, -0.05) is 12.1 Å². The number of nitrogens with one attached hydrogen (secondary N) is 2. The molecule has 3 aliphatic heterocycles. The second-order valence-corrected chi connectivity index (χ2v) is 9.63. The van der Waals surface area contributed by atoms with Gasteiger partial charge < -0.3 is 19.9 Å². The molecule has 4 amide bonds. The van der Waals surface area contributed by atoms with Crippen molar-refractivity contribution in [2.75, 3.05) is 31.2 Å². The molecule has 2 N–H and O–H groups in total. The van der Waals surface area contributed by atoms with Crippen molar-refractivity contribution in [3.8, 4) is 0 Å². The first-order chi connectivity index (χ1) is 16.5. The third kappa shape index (κ3) is 4.55. The fraction of sp³-hybridized carbons (Fsp3) is 0.417. The number of benzene rings is 1. The van der Waals surface area contributed by atoms with Crippen LogP contribution < -0.4 is 15.5 Å². The maximum absolute atomic E-state index is 12.8. The molecule has 2 aromatic rings. The SMILES string of the molecule is O=C(Cc1ccc(N2CCOCC2)cc1)NCc1scc2c1CN(C1CCC(=O)NC1=O)C2=O. The van der Waals surface area contributed by atoms with Gasteiger partial charge in [0.25, 0.3) is 5.91 Å². The minimum Gasteiger partial charge on any atom is -0.378 e. The lowest BCUT2D eigenvalue weighted by Crippen LogP contribution is -2.52. The number of piperidine rings is 1. The molecule has 1 aromatic heterocycles. The number of hydrogen-bond acceptors (Lipinski definition) is 7. The third-order valence-corrected chi connectivity index (χ3v) is 7.54. The minimum absolute atomic E-state index is 0.0902. The van der Waals surface area contributed by atoms with E-state index >= 15 is 0 Å². The van der Waals surface area contributed by atoms with Crippen LogP contribution in [0, 0.1) is 0 Å². The number of nitrogens with zero attached hydrogens (tertiary/aromatic N) is 2. The number of imide groups is 1. The summed E-state index contributed by atoms with van der Waals surface area (Å²) in [6.45, 7) is 3.85. The quantitative estimate of drug-likeness (QED) is 0.600. The van der Waals surface area contributed by atoms with E-state index in [9.17, 15) is 19.2 Å². The van der Waals surface area contributed by atoms with Crippen LogP contribution in [-0.4, -0.2) is 60.9 Å². The van der Waals surface area contributed by atoms with Crippen molar-refractivity contribution in [1.29, 1.82) is 0 Å². The summed E-state index contributed by atoms with van der Waals surface area (Å²) in [5, 5.41) is 7.05. The summed E-state index contributed by atoms with van der Waals surface area (Å²) in [4.78, 5) is 53.7. The molecule has 34 heavy (non-hydrogen) atoms. The smallest absolute Gasteiger partial charge is 0.256 e. The number of carbonyl (C=O) groups is 4. The van der Waals surface area contributed by atoms with Gasteiger partial charge in [0, 0.05) is 42.0 Å². The average molecular weight is 483 g/mol. The fourth-order valence-electron chi connectivity index (χ4n) is 4.62. The molecule has 0 radical (unpaired) electrons. The number of anilines is 1. The second kappa shape index (κ2) is 9.55. The van der Waals surface area contributed by atoms with Crippen LogP contribution in [-0.2, 0) is 38.6 Å². The summed E-state index contributed by atoms with van der Waals surface area (Å²) in [6, 6.07) is 7.39. The van der Waals surface area contributed by atoms with Crippen molar-refractivity contribution in [3.63, 3.8) is 0 Å². The monoisotopic (exact) mass is 482 g/mol. The Morgan fingerprint density at radius 1 is 1.15 bits per heavy atom. The molecule has 10 heteroatoms. The Kier molecular flexibility index (Phi) is 6.34. The topological polar surface area (TPSA) is 108 Å². The molecule has 0 saturated carbocycles. The maximum Gasteiger partial charge on any atom is 0.256 e. The Labute approximate surface area is 201 Å². The van der Waals surface area contributed by atoms with Gasteiger partial charge in [0.15, 0.2) is 0 Å². The van der Waals surface area contributed by atoms with E-state index in [1.165, 1.54) is 16.2 Å². The normalized spacial score (nSPS) is 20.4. The van der Waals surface area contributed by atoms with Gasteiger partial charge in [0.1, 0.15) is 6.04 Å². The predicted octanol–water partition coefficient (Wildman–Crippen LogP) is 1.20. The summed E-state index contributed by atoms with van der Waals surface area (Å²) < 4.78 is 5.39. The molecule has 2 saturated heterocycles. The fourth-order valence-corrected chi connectivity index (χ4v) is 5.60. The maximum atomic E-state index is 12.8. The lowest BCUT2D eigenvalue weighted by atomic mass is 10.0. The van der Waals surface area contributed by atoms with Crippen LogP contribution in [0.3, 0.4) is 0 Å². The predicted molar refractivity (Wildman–Crippen MR) is 125 cm³/mol. The van der Waals surface area contributed by atoms with Crippen LogP contribution >= 0.6 is 11.3 Å². The van der Waals surface area contributed by atoms with Gasteiger partial charge in [-0.05, 0) is 29.7 Å². The van der Waals surface area contributed by atoms with E-state index in [4.69, 9.17) is 4.74 Å². The van der Waals surface area contributed by atoms with Gasteiger partial charge in [0.2, 0.25) is 17.7 Å². The minimum atomic E-state index is -0.634. The molecule has 4 heterocycles. The van der Waals surface area contributed by atoms with Gasteiger partial charge >= 0.3 is 0 Å². The van der Waals surface area contributed by atoms with Crippen molar-refractivity contribution in [2.45, 2.75) is 38.4 Å². The van der Waals surface area contributed by atoms with Gasteiger partial charge in [-0.2, -0.15) is 0 Å². The van der Waals surface area contributed by atoms with Crippen molar-refractivity contribution in [3.05, 3.63) is 51.2 Å². The van der Waals surface area contributed by atoms with Gasteiger partial charge in [0.05, 0.1) is 31.7 Å². The molecule has 0 spiro atoms. The highest BCUT2D eigenvalue weighted by Gasteiger charge is 2.40.